The molecule has 1 atom stereocenters. The van der Waals surface area contributed by atoms with Crippen molar-refractivity contribution in [1.29, 1.82) is 0 Å². The molecule has 0 radical (unpaired) electrons. The lowest BCUT2D eigenvalue weighted by Gasteiger charge is -2.47. The van der Waals surface area contributed by atoms with Crippen LogP contribution >= 0.6 is 0 Å². The minimum absolute atomic E-state index is 0.0469. The second kappa shape index (κ2) is 10.9. The largest absolute Gasteiger partial charge is 0.494 e. The Morgan fingerprint density at radius 2 is 1.73 bits per heavy atom. The van der Waals surface area contributed by atoms with E-state index in [0.717, 1.165) is 60.4 Å². The van der Waals surface area contributed by atoms with Gasteiger partial charge < -0.3 is 15.0 Å². The molecule has 184 valence electrons. The first-order chi connectivity index (χ1) is 15.6. The third-order valence-corrected chi connectivity index (χ3v) is 7.86. The SMILES string of the molecule is CCOc1ccc(CN2C(=O)CN(S(C)(=O)=O)CC2(C)C(=O)NC2CCCCCCC2)cc1. The lowest BCUT2D eigenvalue weighted by Crippen LogP contribution is -2.69. The van der Waals surface area contributed by atoms with Gasteiger partial charge in [0.2, 0.25) is 21.8 Å². The number of carbonyl (C=O) groups excluding carboxylic acids is 2. The summed E-state index contributed by atoms with van der Waals surface area (Å²) >= 11 is 0. The maximum atomic E-state index is 13.6. The van der Waals surface area contributed by atoms with Crippen molar-refractivity contribution >= 4 is 21.8 Å². The van der Waals surface area contributed by atoms with Crippen LogP contribution in [0.2, 0.25) is 0 Å². The number of sulfonamides is 1. The van der Waals surface area contributed by atoms with Crippen LogP contribution in [0.15, 0.2) is 24.3 Å². The molecule has 8 nitrogen and oxygen atoms in total. The van der Waals surface area contributed by atoms with E-state index in [2.05, 4.69) is 5.32 Å². The van der Waals surface area contributed by atoms with Gasteiger partial charge in [-0.25, -0.2) is 8.42 Å². The summed E-state index contributed by atoms with van der Waals surface area (Å²) in [5.41, 5.74) is -0.455. The summed E-state index contributed by atoms with van der Waals surface area (Å²) in [6.45, 7) is 4.04. The molecule has 1 saturated heterocycles. The molecular formula is C24H37N3O5S. The smallest absolute Gasteiger partial charge is 0.247 e. The first kappa shape index (κ1) is 25.5. The zero-order valence-electron chi connectivity index (χ0n) is 20.0. The van der Waals surface area contributed by atoms with Crippen LogP contribution in [0, 0.1) is 0 Å². The van der Waals surface area contributed by atoms with Gasteiger partial charge in [-0.2, -0.15) is 4.31 Å². The van der Waals surface area contributed by atoms with Crippen LogP contribution < -0.4 is 10.1 Å². The van der Waals surface area contributed by atoms with E-state index in [1.54, 1.807) is 6.92 Å². The van der Waals surface area contributed by atoms with Crippen LogP contribution in [0.3, 0.4) is 0 Å². The van der Waals surface area contributed by atoms with E-state index in [1.165, 1.54) is 11.3 Å². The van der Waals surface area contributed by atoms with E-state index in [1.807, 2.05) is 31.2 Å². The number of benzene rings is 1. The van der Waals surface area contributed by atoms with Gasteiger partial charge in [0.15, 0.2) is 0 Å². The molecule has 1 heterocycles. The number of hydrogen-bond acceptors (Lipinski definition) is 5. The summed E-state index contributed by atoms with van der Waals surface area (Å²) in [5.74, 6) is 0.0656. The molecule has 0 aromatic heterocycles. The molecule has 0 spiro atoms. The molecule has 1 aromatic rings. The summed E-state index contributed by atoms with van der Waals surface area (Å²) in [5, 5.41) is 3.16. The van der Waals surface area contributed by atoms with E-state index in [4.69, 9.17) is 4.74 Å². The Morgan fingerprint density at radius 1 is 1.12 bits per heavy atom. The van der Waals surface area contributed by atoms with Crippen LogP contribution in [0.5, 0.6) is 5.75 Å². The minimum atomic E-state index is -3.63. The highest BCUT2D eigenvalue weighted by Crippen LogP contribution is 2.28. The quantitative estimate of drug-likeness (QED) is 0.649. The van der Waals surface area contributed by atoms with E-state index >= 15 is 0 Å². The Morgan fingerprint density at radius 3 is 2.30 bits per heavy atom. The van der Waals surface area contributed by atoms with Crippen molar-refractivity contribution < 1.29 is 22.7 Å². The van der Waals surface area contributed by atoms with Gasteiger partial charge in [-0.05, 0) is 44.4 Å². The molecule has 1 aliphatic heterocycles. The molecule has 2 fully saturated rings. The van der Waals surface area contributed by atoms with Crippen molar-refractivity contribution in [3.8, 4) is 5.75 Å². The number of rotatable bonds is 7. The van der Waals surface area contributed by atoms with Gasteiger partial charge >= 0.3 is 0 Å². The zero-order chi connectivity index (χ0) is 24.1. The number of hydrogen-bond donors (Lipinski definition) is 1. The molecule has 1 unspecified atom stereocenters. The van der Waals surface area contributed by atoms with Gasteiger partial charge in [0.1, 0.15) is 11.3 Å². The Labute approximate surface area is 197 Å². The summed E-state index contributed by atoms with van der Waals surface area (Å²) in [7, 11) is -3.63. The van der Waals surface area contributed by atoms with Crippen LogP contribution in [-0.2, 0) is 26.2 Å². The predicted molar refractivity (Wildman–Crippen MR) is 127 cm³/mol. The summed E-state index contributed by atoms with van der Waals surface area (Å²) in [6.07, 6.45) is 8.57. The number of amides is 2. The van der Waals surface area contributed by atoms with Crippen molar-refractivity contribution in [1.82, 2.24) is 14.5 Å². The monoisotopic (exact) mass is 479 g/mol. The van der Waals surface area contributed by atoms with E-state index < -0.39 is 15.6 Å². The fourth-order valence-electron chi connectivity index (χ4n) is 4.67. The highest BCUT2D eigenvalue weighted by Gasteiger charge is 2.49. The fraction of sp³-hybridized carbons (Fsp3) is 0.667. The molecule has 2 amide bonds. The Kier molecular flexibility index (Phi) is 8.39. The highest BCUT2D eigenvalue weighted by atomic mass is 32.2. The van der Waals surface area contributed by atoms with Gasteiger partial charge in [0, 0.05) is 19.1 Å². The normalized spacial score (nSPS) is 23.6. The fourth-order valence-corrected chi connectivity index (χ4v) is 5.50. The topological polar surface area (TPSA) is 96.0 Å². The molecule has 0 bridgehead atoms. The number of piperazine rings is 1. The van der Waals surface area contributed by atoms with Gasteiger partial charge in [0.25, 0.3) is 0 Å². The third-order valence-electron chi connectivity index (χ3n) is 6.67. The maximum Gasteiger partial charge on any atom is 0.247 e. The molecule has 1 aromatic carbocycles. The molecule has 9 heteroatoms. The van der Waals surface area contributed by atoms with E-state index in [0.29, 0.717) is 6.61 Å². The van der Waals surface area contributed by atoms with Crippen molar-refractivity contribution in [3.05, 3.63) is 29.8 Å². The van der Waals surface area contributed by atoms with Crippen molar-refractivity contribution in [2.75, 3.05) is 26.0 Å². The minimum Gasteiger partial charge on any atom is -0.494 e. The van der Waals surface area contributed by atoms with Gasteiger partial charge in [-0.15, -0.1) is 0 Å². The van der Waals surface area contributed by atoms with Crippen LogP contribution in [0.1, 0.15) is 64.4 Å². The van der Waals surface area contributed by atoms with Crippen molar-refractivity contribution in [3.63, 3.8) is 0 Å². The van der Waals surface area contributed by atoms with Gasteiger partial charge in [0.05, 0.1) is 19.4 Å². The molecule has 2 aliphatic rings. The molecule has 3 rings (SSSR count). The Bertz CT molecular complexity index is 926. The average Bonchev–Trinajstić information content (AvgIpc) is 2.73. The number of nitrogens with one attached hydrogen (secondary N) is 1. The first-order valence-corrected chi connectivity index (χ1v) is 13.8. The van der Waals surface area contributed by atoms with Crippen LogP contribution in [-0.4, -0.2) is 67.0 Å². The number of carbonyl (C=O) groups is 2. The standard InChI is InChI=1S/C24H37N3O5S/c1-4-32-21-14-12-19(13-15-21)16-27-22(28)17-26(33(3,30)31)18-24(27,2)23(29)25-20-10-8-6-5-7-9-11-20/h12-15,20H,4-11,16-18H2,1-3H3,(H,25,29). The molecule has 1 N–H and O–H groups in total. The van der Waals surface area contributed by atoms with Crippen LogP contribution in [0.25, 0.3) is 0 Å². The average molecular weight is 480 g/mol. The van der Waals surface area contributed by atoms with Crippen molar-refractivity contribution in [2.24, 2.45) is 0 Å². The molecule has 1 aliphatic carbocycles. The number of nitrogens with zero attached hydrogens (tertiary/aromatic N) is 2. The van der Waals surface area contributed by atoms with E-state index in [9.17, 15) is 18.0 Å². The highest BCUT2D eigenvalue weighted by molar-refractivity contribution is 7.88. The van der Waals surface area contributed by atoms with Gasteiger partial charge in [-0.3, -0.25) is 9.59 Å². The Hall–Kier alpha value is -2.13. The second-order valence-electron chi connectivity index (χ2n) is 9.38. The number of ether oxygens (including phenoxy) is 1. The van der Waals surface area contributed by atoms with Crippen LogP contribution in [0.4, 0.5) is 0 Å². The van der Waals surface area contributed by atoms with Gasteiger partial charge in [-0.1, -0.05) is 44.2 Å². The second-order valence-corrected chi connectivity index (χ2v) is 11.4. The lowest BCUT2D eigenvalue weighted by molar-refractivity contribution is -0.154. The summed E-state index contributed by atoms with van der Waals surface area (Å²) in [6, 6.07) is 7.46. The summed E-state index contributed by atoms with van der Waals surface area (Å²) < 4.78 is 31.2. The third kappa shape index (κ3) is 6.47. The maximum absolute atomic E-state index is 13.6. The lowest BCUT2D eigenvalue weighted by atomic mass is 9.92. The van der Waals surface area contributed by atoms with Crippen molar-refractivity contribution in [2.45, 2.75) is 76.9 Å². The summed E-state index contributed by atoms with van der Waals surface area (Å²) in [4.78, 5) is 28.3. The predicted octanol–water partition coefficient (Wildman–Crippen LogP) is 2.68. The zero-order valence-corrected chi connectivity index (χ0v) is 20.8. The molecule has 1 saturated carbocycles. The van der Waals surface area contributed by atoms with E-state index in [-0.39, 0.29) is 37.5 Å². The Balaban J connectivity index is 1.84. The molecular weight excluding hydrogens is 442 g/mol. The first-order valence-electron chi connectivity index (χ1n) is 11.9. The molecule has 33 heavy (non-hydrogen) atoms.